The quantitative estimate of drug-likeness (QED) is 0.0429. The zero-order valence-electron chi connectivity index (χ0n) is 45.1. The molecule has 5 nitrogen and oxygen atoms in total. The fraction of sp³-hybridized carbons (Fsp3) is 0.600. The minimum atomic E-state index is -4.40. The number of hydrogen-bond donors (Lipinski definition) is 3. The first-order valence-electron chi connectivity index (χ1n) is 25.3. The van der Waals surface area contributed by atoms with Gasteiger partial charge in [0.2, 0.25) is 0 Å². The number of phosphoric ester groups is 1. The zero-order valence-corrected chi connectivity index (χ0v) is 46.0. The highest BCUT2D eigenvalue weighted by atomic mass is 31.2. The first-order valence-corrected chi connectivity index (χ1v) is 26.8. The minimum Gasteiger partial charge on any atom is -0.344 e. The molecule has 6 heteroatoms. The molecule has 0 amide bonds. The maximum Gasteiger partial charge on any atom is 0.469 e. The lowest BCUT2D eigenvalue weighted by Gasteiger charge is -2.04. The molecule has 376 valence electrons. The molecule has 0 aliphatic heterocycles. The summed E-state index contributed by atoms with van der Waals surface area (Å²) in [4.78, 5) is 17.6. The van der Waals surface area contributed by atoms with E-state index < -0.39 is 7.82 Å². The Morgan fingerprint density at radius 1 is 0.303 bits per heavy atom. The van der Waals surface area contributed by atoms with Crippen LogP contribution in [0.2, 0.25) is 0 Å². The predicted octanol–water partition coefficient (Wildman–Crippen LogP) is 20.2. The maximum atomic E-state index is 10.8. The van der Waals surface area contributed by atoms with Crippen LogP contribution in [0, 0.1) is 0 Å². The summed E-state index contributed by atoms with van der Waals surface area (Å²) in [6.45, 7) is 29.0. The number of phosphoric acid groups is 1. The highest BCUT2D eigenvalue weighted by Gasteiger charge is 2.11. The van der Waals surface area contributed by atoms with Crippen molar-refractivity contribution in [3.8, 4) is 0 Å². The second-order valence-electron chi connectivity index (χ2n) is 19.5. The van der Waals surface area contributed by atoms with E-state index >= 15 is 0 Å². The van der Waals surface area contributed by atoms with E-state index in [4.69, 9.17) is 9.79 Å². The molecule has 0 aromatic heterocycles. The van der Waals surface area contributed by atoms with Crippen molar-refractivity contribution in [2.75, 3.05) is 6.61 Å². The molecule has 0 bridgehead atoms. The summed E-state index contributed by atoms with van der Waals surface area (Å²) < 4.78 is 15.3. The molecule has 0 aromatic carbocycles. The second kappa shape index (κ2) is 41.0. The molecule has 0 aromatic rings. The van der Waals surface area contributed by atoms with Gasteiger partial charge in [-0.2, -0.15) is 0 Å². The van der Waals surface area contributed by atoms with Gasteiger partial charge in [0.1, 0.15) is 0 Å². The molecular weight excluding hydrogens is 830 g/mol. The van der Waals surface area contributed by atoms with Crippen molar-refractivity contribution in [2.45, 2.75) is 231 Å². The predicted molar refractivity (Wildman–Crippen MR) is 295 cm³/mol. The molecule has 0 aliphatic carbocycles. The van der Waals surface area contributed by atoms with E-state index in [1.165, 1.54) is 87.0 Å². The Kier molecular flexibility index (Phi) is 40.4. The highest BCUT2D eigenvalue weighted by molar-refractivity contribution is 7.46. The Labute approximate surface area is 408 Å². The van der Waals surface area contributed by atoms with Gasteiger partial charge in [0.15, 0.2) is 0 Å². The van der Waals surface area contributed by atoms with Gasteiger partial charge in [0.05, 0.1) is 6.61 Å². The molecule has 0 radical (unpaired) electrons. The van der Waals surface area contributed by atoms with Crippen molar-refractivity contribution in [2.24, 2.45) is 0 Å². The smallest absolute Gasteiger partial charge is 0.344 e. The number of rotatable bonds is 36. The van der Waals surface area contributed by atoms with Crippen LogP contribution in [0.4, 0.5) is 0 Å². The van der Waals surface area contributed by atoms with Crippen molar-refractivity contribution < 1.29 is 18.9 Å². The maximum absolute atomic E-state index is 10.8. The van der Waals surface area contributed by atoms with Gasteiger partial charge in [-0.3, -0.25) is 4.52 Å². The van der Waals surface area contributed by atoms with Crippen LogP contribution in [0.25, 0.3) is 0 Å². The van der Waals surface area contributed by atoms with Crippen LogP contribution in [0.3, 0.4) is 0 Å². The van der Waals surface area contributed by atoms with Gasteiger partial charge >= 0.3 is 7.82 Å². The largest absolute Gasteiger partial charge is 0.469 e. The van der Waals surface area contributed by atoms with Gasteiger partial charge in [-0.25, -0.2) is 4.57 Å². The molecule has 0 rings (SSSR count). The fourth-order valence-corrected chi connectivity index (χ4v) is 7.72. The Morgan fingerprint density at radius 2 is 0.455 bits per heavy atom. The monoisotopic (exact) mass is 932 g/mol. The van der Waals surface area contributed by atoms with Crippen LogP contribution in [-0.2, 0) is 9.09 Å². The van der Waals surface area contributed by atoms with E-state index in [0.717, 1.165) is 121 Å². The van der Waals surface area contributed by atoms with Crippen LogP contribution in [-0.4, -0.2) is 16.4 Å². The van der Waals surface area contributed by atoms with Crippen molar-refractivity contribution in [1.29, 1.82) is 0 Å². The molecule has 0 spiro atoms. The molecule has 0 atom stereocenters. The van der Waals surface area contributed by atoms with E-state index in [2.05, 4.69) is 154 Å². The van der Waals surface area contributed by atoms with E-state index in [0.29, 0.717) is 0 Å². The van der Waals surface area contributed by atoms with E-state index in [1.54, 1.807) is 6.08 Å². The lowest BCUT2D eigenvalue weighted by molar-refractivity contribution is 0.215. The lowest BCUT2D eigenvalue weighted by atomic mass is 10.0. The summed E-state index contributed by atoms with van der Waals surface area (Å²) in [5.41, 5.74) is 17.4. The van der Waals surface area contributed by atoms with Gasteiger partial charge in [-0.1, -0.05) is 140 Å². The molecular formula is C60H102NO4P. The number of hydrogen-bond acceptors (Lipinski definition) is 3. The minimum absolute atomic E-state index is 0. The van der Waals surface area contributed by atoms with Crippen molar-refractivity contribution >= 4 is 7.82 Å². The molecule has 0 aliphatic rings. The standard InChI is InChI=1S/C60H99O4P.H3N/c1-49(2)25-14-26-50(3)27-15-28-51(4)29-16-30-52(5)31-17-32-53(6)33-18-34-54(7)35-19-36-55(8)37-20-38-56(9)39-21-40-57(10)41-22-42-58(11)43-23-44-59(12)45-24-46-60(13)47-48-64-65(61,62)63;/h25,27,29,31,33,35,37,39,41,43,45,47H,14-24,26,28,30,32,34,36,38,40,42,44,46,48H2,1-13H3,(H2,61,62,63);1H3. The normalized spacial score (nSPS) is 14.9. The average molecular weight is 932 g/mol. The van der Waals surface area contributed by atoms with Crippen LogP contribution in [0.15, 0.2) is 140 Å². The Bertz CT molecular complexity index is 1770. The summed E-state index contributed by atoms with van der Waals surface area (Å²) in [5, 5.41) is 0. The summed E-state index contributed by atoms with van der Waals surface area (Å²) in [5.74, 6) is 0. The van der Waals surface area contributed by atoms with Crippen molar-refractivity contribution in [3.05, 3.63) is 140 Å². The highest BCUT2D eigenvalue weighted by Crippen LogP contribution is 2.35. The molecule has 66 heavy (non-hydrogen) atoms. The van der Waals surface area contributed by atoms with Crippen LogP contribution >= 0.6 is 7.82 Å². The summed E-state index contributed by atoms with van der Waals surface area (Å²) in [6.07, 6.45) is 52.9. The topological polar surface area (TPSA) is 102 Å². The number of allylic oxidation sites excluding steroid dienone is 23. The molecule has 0 fully saturated rings. The second-order valence-corrected chi connectivity index (χ2v) is 20.8. The van der Waals surface area contributed by atoms with Gasteiger partial charge in [0.25, 0.3) is 0 Å². The first kappa shape index (κ1) is 65.0. The van der Waals surface area contributed by atoms with Gasteiger partial charge in [0, 0.05) is 0 Å². The van der Waals surface area contributed by atoms with E-state index in [9.17, 15) is 4.57 Å². The third-order valence-electron chi connectivity index (χ3n) is 12.1. The third-order valence-corrected chi connectivity index (χ3v) is 12.6. The fourth-order valence-electron chi connectivity index (χ4n) is 7.45. The van der Waals surface area contributed by atoms with E-state index in [1.807, 2.05) is 6.92 Å². The van der Waals surface area contributed by atoms with Crippen LogP contribution < -0.4 is 6.15 Å². The SMILES string of the molecule is CC(C)=CCCC(C)=CCCC(C)=CCCC(C)=CCCC(C)=CCCC(C)=CCCC(C)=CCCC(C)=CCCC(C)=CCCC(C)=CCCC(C)=CCCC(C)=CCOP(=O)(O)O.N. The average Bonchev–Trinajstić information content (AvgIpc) is 3.20. The van der Waals surface area contributed by atoms with Crippen LogP contribution in [0.5, 0.6) is 0 Å². The zero-order chi connectivity index (χ0) is 48.9. The molecule has 0 unspecified atom stereocenters. The molecule has 0 saturated carbocycles. The van der Waals surface area contributed by atoms with Gasteiger partial charge in [-0.15, -0.1) is 0 Å². The Hall–Kier alpha value is -3.05. The summed E-state index contributed by atoms with van der Waals surface area (Å²) in [6, 6.07) is 0. The summed E-state index contributed by atoms with van der Waals surface area (Å²) >= 11 is 0. The van der Waals surface area contributed by atoms with Crippen molar-refractivity contribution in [1.82, 2.24) is 6.15 Å². The van der Waals surface area contributed by atoms with Crippen molar-refractivity contribution in [3.63, 3.8) is 0 Å². The van der Waals surface area contributed by atoms with Gasteiger partial charge in [-0.05, 0) is 231 Å². The van der Waals surface area contributed by atoms with E-state index in [-0.39, 0.29) is 12.8 Å². The molecule has 0 heterocycles. The molecule has 5 N–H and O–H groups in total. The lowest BCUT2D eigenvalue weighted by Crippen LogP contribution is -1.89. The Morgan fingerprint density at radius 3 is 0.606 bits per heavy atom. The van der Waals surface area contributed by atoms with Gasteiger partial charge < -0.3 is 15.9 Å². The summed E-state index contributed by atoms with van der Waals surface area (Å²) in [7, 11) is -4.40. The first-order chi connectivity index (χ1) is 30.7. The Balaban J connectivity index is 0. The molecule has 0 saturated heterocycles. The third kappa shape index (κ3) is 44.8. The van der Waals surface area contributed by atoms with Crippen LogP contribution in [0.1, 0.15) is 231 Å².